The normalized spacial score (nSPS) is 18.0. The van der Waals surface area contributed by atoms with Gasteiger partial charge in [-0.05, 0) is 73.1 Å². The van der Waals surface area contributed by atoms with Gasteiger partial charge < -0.3 is 4.74 Å². The summed E-state index contributed by atoms with van der Waals surface area (Å²) in [5, 5.41) is 0. The quantitative estimate of drug-likeness (QED) is 0.195. The van der Waals surface area contributed by atoms with Crippen LogP contribution in [0.1, 0.15) is 73.6 Å². The highest BCUT2D eigenvalue weighted by atomic mass is 19.3. The Morgan fingerprint density at radius 1 is 0.763 bits per heavy atom. The van der Waals surface area contributed by atoms with Gasteiger partial charge in [0.15, 0.2) is 29.1 Å². The van der Waals surface area contributed by atoms with Crippen LogP contribution in [0.3, 0.4) is 0 Å². The predicted molar refractivity (Wildman–Crippen MR) is 131 cm³/mol. The third kappa shape index (κ3) is 6.33. The van der Waals surface area contributed by atoms with Gasteiger partial charge in [-0.25, -0.2) is 22.0 Å². The molecule has 0 amide bonds. The summed E-state index contributed by atoms with van der Waals surface area (Å²) in [4.78, 5) is 0. The molecule has 1 fully saturated rings. The summed E-state index contributed by atoms with van der Waals surface area (Å²) in [5.41, 5.74) is 0.640. The second-order valence-corrected chi connectivity index (χ2v) is 9.97. The third-order valence-electron chi connectivity index (χ3n) is 7.36. The summed E-state index contributed by atoms with van der Waals surface area (Å²) < 4.78 is 102. The van der Waals surface area contributed by atoms with Gasteiger partial charge in [0.2, 0.25) is 0 Å². The number of rotatable bonds is 9. The lowest BCUT2D eigenvalue weighted by Gasteiger charge is -2.28. The maximum absolute atomic E-state index is 14.7. The largest absolute Gasteiger partial charge is 0.429 e. The van der Waals surface area contributed by atoms with E-state index in [1.807, 2.05) is 12.1 Å². The molecule has 3 aromatic rings. The van der Waals surface area contributed by atoms with Crippen molar-refractivity contribution >= 4 is 0 Å². The highest BCUT2D eigenvalue weighted by molar-refractivity contribution is 5.32. The molecule has 1 aliphatic carbocycles. The number of halogens is 7. The Bertz CT molecular complexity index is 1230. The predicted octanol–water partition coefficient (Wildman–Crippen LogP) is 9.37. The molecule has 0 spiro atoms. The molecule has 1 saturated carbocycles. The molecule has 8 heteroatoms. The van der Waals surface area contributed by atoms with Crippen LogP contribution in [-0.2, 0) is 19.0 Å². The van der Waals surface area contributed by atoms with Crippen molar-refractivity contribution in [1.82, 2.24) is 0 Å². The summed E-state index contributed by atoms with van der Waals surface area (Å²) in [7, 11) is 0. The molecule has 204 valence electrons. The summed E-state index contributed by atoms with van der Waals surface area (Å²) in [6.45, 7) is 2.21. The monoisotopic (exact) mass is 538 g/mol. The standard InChI is InChI=1S/C30H29F7O/c1-2-3-18-4-9-20(10-5-18)21-11-6-19(7-12-21)8-13-22-14-15-24(28(34)27(22)33)30(36,37)38-23-16-25(31)29(35)26(32)17-23/h6-7,11-12,14-18,20H,2-5,8-10,13H2,1H3. The average Bonchev–Trinajstić information content (AvgIpc) is 2.88. The zero-order valence-corrected chi connectivity index (χ0v) is 21.0. The molecule has 0 unspecified atom stereocenters. The van der Waals surface area contributed by atoms with Crippen LogP contribution in [0.5, 0.6) is 5.75 Å². The molecule has 0 saturated heterocycles. The number of hydrogen-bond acceptors (Lipinski definition) is 1. The van der Waals surface area contributed by atoms with E-state index in [1.54, 1.807) is 0 Å². The number of aryl methyl sites for hydroxylation is 2. The first-order chi connectivity index (χ1) is 18.1. The first kappa shape index (κ1) is 28.0. The van der Waals surface area contributed by atoms with E-state index in [9.17, 15) is 30.7 Å². The molecule has 1 aliphatic rings. The lowest BCUT2D eigenvalue weighted by atomic mass is 9.77. The molecular formula is C30H29F7O. The lowest BCUT2D eigenvalue weighted by molar-refractivity contribution is -0.188. The van der Waals surface area contributed by atoms with Crippen LogP contribution in [0.25, 0.3) is 0 Å². The Morgan fingerprint density at radius 2 is 1.39 bits per heavy atom. The minimum absolute atomic E-state index is 0.0747. The van der Waals surface area contributed by atoms with E-state index in [2.05, 4.69) is 23.8 Å². The third-order valence-corrected chi connectivity index (χ3v) is 7.36. The van der Waals surface area contributed by atoms with Crippen LogP contribution >= 0.6 is 0 Å². The molecule has 0 N–H and O–H groups in total. The van der Waals surface area contributed by atoms with Gasteiger partial charge in [0.05, 0.1) is 0 Å². The van der Waals surface area contributed by atoms with Crippen LogP contribution in [0.15, 0.2) is 48.5 Å². The van der Waals surface area contributed by atoms with Crippen molar-refractivity contribution in [3.8, 4) is 5.75 Å². The maximum atomic E-state index is 14.7. The fourth-order valence-electron chi connectivity index (χ4n) is 5.23. The zero-order valence-electron chi connectivity index (χ0n) is 21.0. The second-order valence-electron chi connectivity index (χ2n) is 9.97. The molecule has 4 rings (SSSR count). The molecule has 0 aromatic heterocycles. The smallest absolute Gasteiger partial charge is 0.429 e. The molecule has 38 heavy (non-hydrogen) atoms. The molecule has 0 atom stereocenters. The first-order valence-corrected chi connectivity index (χ1v) is 12.9. The highest BCUT2D eigenvalue weighted by Crippen LogP contribution is 2.38. The fraction of sp³-hybridized carbons (Fsp3) is 0.400. The van der Waals surface area contributed by atoms with E-state index in [4.69, 9.17) is 0 Å². The van der Waals surface area contributed by atoms with E-state index in [1.165, 1.54) is 44.1 Å². The SMILES string of the molecule is CCCC1CCC(c2ccc(CCc3ccc(C(F)(F)Oc4cc(F)c(F)c(F)c4)c(F)c3F)cc2)CC1. The summed E-state index contributed by atoms with van der Waals surface area (Å²) >= 11 is 0. The Hall–Kier alpha value is -3.03. The van der Waals surface area contributed by atoms with E-state index >= 15 is 0 Å². The van der Waals surface area contributed by atoms with Gasteiger partial charge in [-0.2, -0.15) is 8.78 Å². The Labute approximate surface area is 217 Å². The van der Waals surface area contributed by atoms with Crippen molar-refractivity contribution in [3.05, 3.63) is 99.9 Å². The van der Waals surface area contributed by atoms with E-state index < -0.39 is 46.5 Å². The molecule has 0 radical (unpaired) electrons. The molecule has 0 heterocycles. The lowest BCUT2D eigenvalue weighted by Crippen LogP contribution is -2.24. The van der Waals surface area contributed by atoms with Gasteiger partial charge in [-0.3, -0.25) is 0 Å². The maximum Gasteiger partial charge on any atom is 0.429 e. The number of alkyl halides is 2. The number of hydrogen-bond donors (Lipinski definition) is 0. The molecule has 0 aliphatic heterocycles. The van der Waals surface area contributed by atoms with Crippen molar-refractivity contribution in [2.75, 3.05) is 0 Å². The Morgan fingerprint density at radius 3 is 2.00 bits per heavy atom. The van der Waals surface area contributed by atoms with Crippen LogP contribution < -0.4 is 4.74 Å². The van der Waals surface area contributed by atoms with Crippen LogP contribution in [0, 0.1) is 35.0 Å². The van der Waals surface area contributed by atoms with Crippen LogP contribution in [0.4, 0.5) is 30.7 Å². The fourth-order valence-corrected chi connectivity index (χ4v) is 5.23. The van der Waals surface area contributed by atoms with Crippen LogP contribution in [0.2, 0.25) is 0 Å². The van der Waals surface area contributed by atoms with Gasteiger partial charge in [0, 0.05) is 12.1 Å². The van der Waals surface area contributed by atoms with Gasteiger partial charge in [-0.1, -0.05) is 50.1 Å². The topological polar surface area (TPSA) is 9.23 Å². The summed E-state index contributed by atoms with van der Waals surface area (Å²) in [6, 6.07) is 10.1. The van der Waals surface area contributed by atoms with Gasteiger partial charge >= 0.3 is 6.11 Å². The first-order valence-electron chi connectivity index (χ1n) is 12.9. The van der Waals surface area contributed by atoms with E-state index in [0.717, 1.165) is 17.5 Å². The summed E-state index contributed by atoms with van der Waals surface area (Å²) in [5.74, 6) is -8.40. The van der Waals surface area contributed by atoms with Gasteiger partial charge in [-0.15, -0.1) is 0 Å². The minimum Gasteiger partial charge on any atom is -0.429 e. The van der Waals surface area contributed by atoms with Crippen molar-refractivity contribution in [1.29, 1.82) is 0 Å². The van der Waals surface area contributed by atoms with Gasteiger partial charge in [0.25, 0.3) is 0 Å². The van der Waals surface area contributed by atoms with Crippen molar-refractivity contribution in [2.45, 2.75) is 70.3 Å². The Kier molecular flexibility index (Phi) is 8.68. The number of ether oxygens (including phenoxy) is 1. The van der Waals surface area contributed by atoms with E-state index in [0.29, 0.717) is 18.4 Å². The average molecular weight is 539 g/mol. The van der Waals surface area contributed by atoms with Crippen molar-refractivity contribution in [3.63, 3.8) is 0 Å². The molecule has 1 nitrogen and oxygen atoms in total. The Balaban J connectivity index is 1.40. The molecular weight excluding hydrogens is 509 g/mol. The summed E-state index contributed by atoms with van der Waals surface area (Å²) in [6.07, 6.45) is 3.29. The van der Waals surface area contributed by atoms with Crippen molar-refractivity contribution in [2.24, 2.45) is 5.92 Å². The molecule has 0 bridgehead atoms. The zero-order chi connectivity index (χ0) is 27.4. The van der Waals surface area contributed by atoms with Crippen LogP contribution in [-0.4, -0.2) is 0 Å². The molecule has 3 aromatic carbocycles. The highest BCUT2D eigenvalue weighted by Gasteiger charge is 2.39. The minimum atomic E-state index is -4.47. The van der Waals surface area contributed by atoms with Crippen molar-refractivity contribution < 1.29 is 35.5 Å². The second kappa shape index (κ2) is 11.8. The van der Waals surface area contributed by atoms with E-state index in [-0.39, 0.29) is 24.1 Å². The number of benzene rings is 3. The van der Waals surface area contributed by atoms with Gasteiger partial charge in [0.1, 0.15) is 11.3 Å².